The number of carboxylic acids is 1. The highest BCUT2D eigenvalue weighted by atomic mass is 16.4. The Labute approximate surface area is 105 Å². The van der Waals surface area contributed by atoms with Gasteiger partial charge in [-0.3, -0.25) is 0 Å². The molecule has 2 aromatic carbocycles. The molecule has 0 aliphatic rings. The van der Waals surface area contributed by atoms with E-state index in [-0.39, 0.29) is 5.56 Å². The van der Waals surface area contributed by atoms with E-state index in [0.29, 0.717) is 5.56 Å². The molecule has 0 radical (unpaired) electrons. The lowest BCUT2D eigenvalue weighted by atomic mass is 9.97. The normalized spacial score (nSPS) is 9.78. The summed E-state index contributed by atoms with van der Waals surface area (Å²) < 4.78 is 0. The summed E-state index contributed by atoms with van der Waals surface area (Å²) >= 11 is 0. The van der Waals surface area contributed by atoms with Crippen LogP contribution in [0.15, 0.2) is 42.5 Å². The molecule has 0 aliphatic carbocycles. The maximum Gasteiger partial charge on any atom is 0.335 e. The number of aryl methyl sites for hydroxylation is 1. The average Bonchev–Trinajstić information content (AvgIpc) is 2.38. The fraction of sp³-hybridized carbons (Fsp3) is 0.0667. The SMILES string of the molecule is Cc1cc(C(=O)O)ccc1-c1cccc(C#N)c1. The molecule has 2 rings (SSSR count). The van der Waals surface area contributed by atoms with Crippen molar-refractivity contribution in [3.8, 4) is 17.2 Å². The summed E-state index contributed by atoms with van der Waals surface area (Å²) in [5.74, 6) is -0.935. The molecule has 3 nitrogen and oxygen atoms in total. The van der Waals surface area contributed by atoms with Gasteiger partial charge in [0.25, 0.3) is 0 Å². The minimum absolute atomic E-state index is 0.271. The first-order valence-corrected chi connectivity index (χ1v) is 5.46. The van der Waals surface area contributed by atoms with Crippen LogP contribution >= 0.6 is 0 Å². The van der Waals surface area contributed by atoms with Crippen LogP contribution in [-0.4, -0.2) is 11.1 Å². The molecule has 2 aromatic rings. The lowest BCUT2D eigenvalue weighted by Gasteiger charge is -2.07. The van der Waals surface area contributed by atoms with Crippen molar-refractivity contribution < 1.29 is 9.90 Å². The van der Waals surface area contributed by atoms with Crippen LogP contribution < -0.4 is 0 Å². The number of nitriles is 1. The molecule has 1 N–H and O–H groups in total. The standard InChI is InChI=1S/C15H11NO2/c1-10-7-13(15(17)18)5-6-14(10)12-4-2-3-11(8-12)9-16/h2-8H,1H3,(H,17,18). The Morgan fingerprint density at radius 3 is 2.61 bits per heavy atom. The van der Waals surface area contributed by atoms with Gasteiger partial charge in [0, 0.05) is 0 Å². The van der Waals surface area contributed by atoms with Crippen molar-refractivity contribution in [1.82, 2.24) is 0 Å². The number of benzene rings is 2. The minimum atomic E-state index is -0.935. The summed E-state index contributed by atoms with van der Waals surface area (Å²) in [7, 11) is 0. The van der Waals surface area contributed by atoms with Gasteiger partial charge in [-0.2, -0.15) is 5.26 Å². The fourth-order valence-corrected chi connectivity index (χ4v) is 1.88. The number of aromatic carboxylic acids is 1. The van der Waals surface area contributed by atoms with Gasteiger partial charge in [-0.25, -0.2) is 4.79 Å². The highest BCUT2D eigenvalue weighted by Gasteiger charge is 2.07. The fourth-order valence-electron chi connectivity index (χ4n) is 1.88. The van der Waals surface area contributed by atoms with Gasteiger partial charge in [0.1, 0.15) is 0 Å². The van der Waals surface area contributed by atoms with E-state index in [1.807, 2.05) is 19.1 Å². The Hall–Kier alpha value is -2.60. The summed E-state index contributed by atoms with van der Waals surface area (Å²) in [5.41, 5.74) is 3.60. The summed E-state index contributed by atoms with van der Waals surface area (Å²) in [5, 5.41) is 17.8. The highest BCUT2D eigenvalue weighted by Crippen LogP contribution is 2.25. The Kier molecular flexibility index (Phi) is 3.11. The zero-order valence-electron chi connectivity index (χ0n) is 9.84. The molecule has 0 saturated heterocycles. The van der Waals surface area contributed by atoms with Crippen molar-refractivity contribution in [2.24, 2.45) is 0 Å². The molecule has 0 amide bonds. The molecule has 0 saturated carbocycles. The van der Waals surface area contributed by atoms with Crippen LogP contribution in [0.3, 0.4) is 0 Å². The second kappa shape index (κ2) is 4.72. The van der Waals surface area contributed by atoms with Crippen molar-refractivity contribution in [2.75, 3.05) is 0 Å². The van der Waals surface area contributed by atoms with Gasteiger partial charge >= 0.3 is 5.97 Å². The van der Waals surface area contributed by atoms with E-state index >= 15 is 0 Å². The molecule has 88 valence electrons. The lowest BCUT2D eigenvalue weighted by molar-refractivity contribution is 0.0697. The van der Waals surface area contributed by atoms with Crippen LogP contribution in [0.25, 0.3) is 11.1 Å². The van der Waals surface area contributed by atoms with Gasteiger partial charge in [-0.15, -0.1) is 0 Å². The van der Waals surface area contributed by atoms with Crippen LogP contribution in [0.1, 0.15) is 21.5 Å². The van der Waals surface area contributed by atoms with E-state index in [2.05, 4.69) is 6.07 Å². The summed E-state index contributed by atoms with van der Waals surface area (Å²) in [6.07, 6.45) is 0. The van der Waals surface area contributed by atoms with E-state index in [0.717, 1.165) is 16.7 Å². The Morgan fingerprint density at radius 2 is 2.00 bits per heavy atom. The van der Waals surface area contributed by atoms with E-state index in [1.54, 1.807) is 30.3 Å². The monoisotopic (exact) mass is 237 g/mol. The predicted octanol–water partition coefficient (Wildman–Crippen LogP) is 3.23. The second-order valence-electron chi connectivity index (χ2n) is 4.03. The first-order valence-electron chi connectivity index (χ1n) is 5.46. The maximum absolute atomic E-state index is 10.9. The average molecular weight is 237 g/mol. The molecule has 0 heterocycles. The van der Waals surface area contributed by atoms with Gasteiger partial charge in [0.15, 0.2) is 0 Å². The molecule has 18 heavy (non-hydrogen) atoms. The van der Waals surface area contributed by atoms with Crippen molar-refractivity contribution in [3.05, 3.63) is 59.2 Å². The lowest BCUT2D eigenvalue weighted by Crippen LogP contribution is -1.97. The molecule has 0 spiro atoms. The maximum atomic E-state index is 10.9. The quantitative estimate of drug-likeness (QED) is 0.872. The van der Waals surface area contributed by atoms with Crippen LogP contribution in [-0.2, 0) is 0 Å². The first-order chi connectivity index (χ1) is 8.61. The van der Waals surface area contributed by atoms with Crippen LogP contribution in [0.5, 0.6) is 0 Å². The highest BCUT2D eigenvalue weighted by molar-refractivity contribution is 5.89. The van der Waals surface area contributed by atoms with Gasteiger partial charge in [0.2, 0.25) is 0 Å². The molecular formula is C15H11NO2. The Bertz CT molecular complexity index is 654. The number of carbonyl (C=O) groups is 1. The van der Waals surface area contributed by atoms with Crippen molar-refractivity contribution in [2.45, 2.75) is 6.92 Å². The smallest absolute Gasteiger partial charge is 0.335 e. The van der Waals surface area contributed by atoms with Crippen LogP contribution in [0.2, 0.25) is 0 Å². The van der Waals surface area contributed by atoms with E-state index in [4.69, 9.17) is 10.4 Å². The zero-order valence-corrected chi connectivity index (χ0v) is 9.84. The molecule has 0 atom stereocenters. The molecule has 0 bridgehead atoms. The van der Waals surface area contributed by atoms with Gasteiger partial charge in [-0.05, 0) is 47.9 Å². The first kappa shape index (κ1) is 11.9. The predicted molar refractivity (Wildman–Crippen MR) is 68.3 cm³/mol. The minimum Gasteiger partial charge on any atom is -0.478 e. The topological polar surface area (TPSA) is 61.1 Å². The summed E-state index contributed by atoms with van der Waals surface area (Å²) in [6.45, 7) is 1.86. The van der Waals surface area contributed by atoms with Crippen LogP contribution in [0, 0.1) is 18.3 Å². The molecule has 3 heteroatoms. The number of hydrogen-bond donors (Lipinski definition) is 1. The van der Waals surface area contributed by atoms with Crippen LogP contribution in [0.4, 0.5) is 0 Å². The Morgan fingerprint density at radius 1 is 1.22 bits per heavy atom. The van der Waals surface area contributed by atoms with Gasteiger partial charge in [-0.1, -0.05) is 18.2 Å². The van der Waals surface area contributed by atoms with E-state index in [1.165, 1.54) is 0 Å². The number of nitrogens with zero attached hydrogens (tertiary/aromatic N) is 1. The largest absolute Gasteiger partial charge is 0.478 e. The van der Waals surface area contributed by atoms with Crippen molar-refractivity contribution in [3.63, 3.8) is 0 Å². The third-order valence-corrected chi connectivity index (χ3v) is 2.78. The van der Waals surface area contributed by atoms with Gasteiger partial charge < -0.3 is 5.11 Å². The molecule has 0 aromatic heterocycles. The van der Waals surface area contributed by atoms with E-state index in [9.17, 15) is 4.79 Å². The van der Waals surface area contributed by atoms with Crippen molar-refractivity contribution >= 4 is 5.97 Å². The van der Waals surface area contributed by atoms with Gasteiger partial charge in [0.05, 0.1) is 17.2 Å². The molecule has 0 unspecified atom stereocenters. The molecular weight excluding hydrogens is 226 g/mol. The third-order valence-electron chi connectivity index (χ3n) is 2.78. The molecule has 0 fully saturated rings. The summed E-state index contributed by atoms with van der Waals surface area (Å²) in [4.78, 5) is 10.9. The third kappa shape index (κ3) is 2.23. The Balaban J connectivity index is 2.51. The zero-order chi connectivity index (χ0) is 13.1. The number of rotatable bonds is 2. The summed E-state index contributed by atoms with van der Waals surface area (Å²) in [6, 6.07) is 14.3. The van der Waals surface area contributed by atoms with Crippen molar-refractivity contribution in [1.29, 1.82) is 5.26 Å². The number of carboxylic acid groups (broad SMARTS) is 1. The van der Waals surface area contributed by atoms with E-state index < -0.39 is 5.97 Å². The second-order valence-corrected chi connectivity index (χ2v) is 4.03. The molecule has 0 aliphatic heterocycles. The number of hydrogen-bond acceptors (Lipinski definition) is 2.